The van der Waals surface area contributed by atoms with Crippen molar-refractivity contribution >= 4 is 22.0 Å². The van der Waals surface area contributed by atoms with E-state index in [-0.39, 0.29) is 0 Å². The van der Waals surface area contributed by atoms with Crippen molar-refractivity contribution < 1.29 is 9.53 Å². The van der Waals surface area contributed by atoms with Gasteiger partial charge in [-0.3, -0.25) is 0 Å². The lowest BCUT2D eigenvalue weighted by molar-refractivity contribution is 0.402. The maximum Gasteiger partial charge on any atom is 0.235 e. The van der Waals surface area contributed by atoms with Crippen LogP contribution in [0.4, 0.5) is 0 Å². The van der Waals surface area contributed by atoms with Gasteiger partial charge in [-0.05, 0) is 23.6 Å². The highest BCUT2D eigenvalue weighted by molar-refractivity contribution is 9.10. The molecule has 0 fully saturated rings. The van der Waals surface area contributed by atoms with Crippen molar-refractivity contribution in [2.45, 2.75) is 26.3 Å². The predicted octanol–water partition coefficient (Wildman–Crippen LogP) is 3.42. The van der Waals surface area contributed by atoms with Gasteiger partial charge in [0.25, 0.3) is 0 Å². The highest BCUT2D eigenvalue weighted by Crippen LogP contribution is 2.33. The van der Waals surface area contributed by atoms with Crippen molar-refractivity contribution in [3.8, 4) is 5.75 Å². The second-order valence-electron chi connectivity index (χ2n) is 3.75. The first-order valence-electron chi connectivity index (χ1n) is 5.00. The zero-order chi connectivity index (χ0) is 12.1. The average Bonchev–Trinajstić information content (AvgIpc) is 2.25. The van der Waals surface area contributed by atoms with Crippen LogP contribution in [0.15, 0.2) is 21.6 Å². The van der Waals surface area contributed by atoms with Crippen LogP contribution < -0.4 is 4.74 Å². The number of methoxy groups -OCH3 is 1. The van der Waals surface area contributed by atoms with E-state index in [9.17, 15) is 4.79 Å². The summed E-state index contributed by atoms with van der Waals surface area (Å²) in [5.74, 6) is 1.16. The van der Waals surface area contributed by atoms with Gasteiger partial charge in [0.2, 0.25) is 6.08 Å². The fraction of sp³-hybridized carbons (Fsp3) is 0.417. The molecule has 1 aromatic rings. The summed E-state index contributed by atoms with van der Waals surface area (Å²) in [4.78, 5) is 13.7. The molecule has 1 rings (SSSR count). The summed E-state index contributed by atoms with van der Waals surface area (Å²) in [6, 6.07) is 3.93. The van der Waals surface area contributed by atoms with Crippen LogP contribution in [-0.2, 0) is 11.3 Å². The van der Waals surface area contributed by atoms with Crippen LogP contribution in [0.5, 0.6) is 5.75 Å². The Bertz CT molecular complexity index is 423. The second-order valence-corrected chi connectivity index (χ2v) is 4.67. The van der Waals surface area contributed by atoms with Gasteiger partial charge in [0.1, 0.15) is 5.75 Å². The van der Waals surface area contributed by atoms with Gasteiger partial charge in [-0.15, -0.1) is 0 Å². The van der Waals surface area contributed by atoms with Crippen molar-refractivity contribution in [2.24, 2.45) is 4.99 Å². The van der Waals surface area contributed by atoms with E-state index in [2.05, 4.69) is 34.8 Å². The minimum Gasteiger partial charge on any atom is -0.496 e. The molecule has 4 heteroatoms. The monoisotopic (exact) mass is 283 g/mol. The third-order valence-electron chi connectivity index (χ3n) is 2.30. The lowest BCUT2D eigenvalue weighted by Gasteiger charge is -2.15. The molecule has 0 radical (unpaired) electrons. The predicted molar refractivity (Wildman–Crippen MR) is 66.6 cm³/mol. The highest BCUT2D eigenvalue weighted by atomic mass is 79.9. The molecule has 0 saturated carbocycles. The molecule has 0 atom stereocenters. The molecular weight excluding hydrogens is 270 g/mol. The lowest BCUT2D eigenvalue weighted by atomic mass is 9.99. The zero-order valence-electron chi connectivity index (χ0n) is 9.58. The Balaban J connectivity index is 3.29. The van der Waals surface area contributed by atoms with Crippen LogP contribution in [0.25, 0.3) is 0 Å². The third kappa shape index (κ3) is 2.94. The van der Waals surface area contributed by atoms with Gasteiger partial charge in [0.05, 0.1) is 13.7 Å². The Morgan fingerprint density at radius 2 is 2.19 bits per heavy atom. The molecule has 0 aromatic heterocycles. The number of aliphatic imine (C=N–C) groups is 1. The minimum absolute atomic E-state index is 0.297. The topological polar surface area (TPSA) is 38.7 Å². The van der Waals surface area contributed by atoms with Crippen molar-refractivity contribution in [3.05, 3.63) is 27.7 Å². The first-order chi connectivity index (χ1) is 7.60. The molecule has 0 amide bonds. The fourth-order valence-electron chi connectivity index (χ4n) is 1.59. The molecule has 0 N–H and O–H groups in total. The van der Waals surface area contributed by atoms with E-state index < -0.39 is 0 Å². The van der Waals surface area contributed by atoms with E-state index in [1.165, 1.54) is 6.08 Å². The Kier molecular flexibility index (Phi) is 4.71. The number of hydrogen-bond donors (Lipinski definition) is 0. The van der Waals surface area contributed by atoms with Crippen LogP contribution in [0.1, 0.15) is 30.9 Å². The Morgan fingerprint density at radius 3 is 2.69 bits per heavy atom. The van der Waals surface area contributed by atoms with Crippen LogP contribution in [0.3, 0.4) is 0 Å². The maximum absolute atomic E-state index is 10.1. The summed E-state index contributed by atoms with van der Waals surface area (Å²) in [5.41, 5.74) is 2.00. The lowest BCUT2D eigenvalue weighted by Crippen LogP contribution is -1.99. The number of hydrogen-bond acceptors (Lipinski definition) is 3. The van der Waals surface area contributed by atoms with E-state index in [1.54, 1.807) is 7.11 Å². The smallest absolute Gasteiger partial charge is 0.235 e. The second kappa shape index (κ2) is 5.83. The van der Waals surface area contributed by atoms with Gasteiger partial charge in [-0.2, -0.15) is 0 Å². The van der Waals surface area contributed by atoms with Crippen molar-refractivity contribution in [3.63, 3.8) is 0 Å². The summed E-state index contributed by atoms with van der Waals surface area (Å²) >= 11 is 3.44. The van der Waals surface area contributed by atoms with Gasteiger partial charge in [-0.1, -0.05) is 29.8 Å². The molecule has 0 aliphatic carbocycles. The number of benzene rings is 1. The summed E-state index contributed by atoms with van der Waals surface area (Å²) in [6.45, 7) is 4.49. The summed E-state index contributed by atoms with van der Waals surface area (Å²) in [6.07, 6.45) is 1.54. The molecule has 1 aromatic carbocycles. The highest BCUT2D eigenvalue weighted by Gasteiger charge is 2.13. The number of rotatable bonds is 4. The number of ether oxygens (including phenoxy) is 1. The van der Waals surface area contributed by atoms with E-state index >= 15 is 0 Å². The molecule has 86 valence electrons. The molecule has 0 heterocycles. The van der Waals surface area contributed by atoms with Crippen LogP contribution in [0.2, 0.25) is 0 Å². The Labute approximate surface area is 104 Å². The maximum atomic E-state index is 10.1. The number of carbonyl (C=O) groups excluding carboxylic acids is 1. The minimum atomic E-state index is 0.297. The molecule has 16 heavy (non-hydrogen) atoms. The van der Waals surface area contributed by atoms with Crippen LogP contribution in [-0.4, -0.2) is 13.2 Å². The Morgan fingerprint density at radius 1 is 1.50 bits per heavy atom. The number of isocyanates is 1. The van der Waals surface area contributed by atoms with Gasteiger partial charge in [-0.25, -0.2) is 9.79 Å². The van der Waals surface area contributed by atoms with Crippen molar-refractivity contribution in [1.82, 2.24) is 0 Å². The summed E-state index contributed by atoms with van der Waals surface area (Å²) in [7, 11) is 1.63. The first kappa shape index (κ1) is 12.9. The van der Waals surface area contributed by atoms with Gasteiger partial charge in [0.15, 0.2) is 0 Å². The molecule has 0 aliphatic heterocycles. The Hall–Kier alpha value is -1.12. The van der Waals surface area contributed by atoms with E-state index in [4.69, 9.17) is 4.74 Å². The van der Waals surface area contributed by atoms with Crippen molar-refractivity contribution in [2.75, 3.05) is 7.11 Å². The number of nitrogens with zero attached hydrogens (tertiary/aromatic N) is 1. The normalized spacial score (nSPS) is 10.1. The standard InChI is InChI=1S/C12H14BrNO2/c1-8(2)11-5-10(13)4-9(6-14-7-15)12(11)16-3/h4-5,8H,6H2,1-3H3. The largest absolute Gasteiger partial charge is 0.496 e. The summed E-state index contributed by atoms with van der Waals surface area (Å²) < 4.78 is 6.35. The zero-order valence-corrected chi connectivity index (χ0v) is 11.2. The van der Waals surface area contributed by atoms with Crippen LogP contribution in [0, 0.1) is 0 Å². The summed E-state index contributed by atoms with van der Waals surface area (Å²) in [5, 5.41) is 0. The molecular formula is C12H14BrNO2. The molecule has 0 spiro atoms. The van der Waals surface area contributed by atoms with Gasteiger partial charge in [0, 0.05) is 10.0 Å². The average molecular weight is 284 g/mol. The van der Waals surface area contributed by atoms with Crippen molar-refractivity contribution in [1.29, 1.82) is 0 Å². The molecule has 0 saturated heterocycles. The molecule has 3 nitrogen and oxygen atoms in total. The van der Waals surface area contributed by atoms with E-state index in [0.717, 1.165) is 21.3 Å². The molecule has 0 unspecified atom stereocenters. The third-order valence-corrected chi connectivity index (χ3v) is 2.76. The van der Waals surface area contributed by atoms with E-state index in [0.29, 0.717) is 12.5 Å². The molecule has 0 aliphatic rings. The van der Waals surface area contributed by atoms with Gasteiger partial charge >= 0.3 is 0 Å². The van der Waals surface area contributed by atoms with Gasteiger partial charge < -0.3 is 4.74 Å². The number of halogens is 1. The molecule has 0 bridgehead atoms. The quantitative estimate of drug-likeness (QED) is 0.627. The first-order valence-corrected chi connectivity index (χ1v) is 5.79. The van der Waals surface area contributed by atoms with E-state index in [1.807, 2.05) is 12.1 Å². The van der Waals surface area contributed by atoms with Crippen LogP contribution >= 0.6 is 15.9 Å². The fourth-order valence-corrected chi connectivity index (χ4v) is 2.11. The SMILES string of the molecule is COc1c(CN=C=O)cc(Br)cc1C(C)C.